The van der Waals surface area contributed by atoms with Gasteiger partial charge in [-0.15, -0.1) is 0 Å². The Morgan fingerprint density at radius 2 is 2.04 bits per heavy atom. The van der Waals surface area contributed by atoms with Crippen molar-refractivity contribution in [2.45, 2.75) is 39.8 Å². The molecule has 0 spiro atoms. The Morgan fingerprint density at radius 1 is 1.28 bits per heavy atom. The van der Waals surface area contributed by atoms with Crippen LogP contribution in [0.2, 0.25) is 0 Å². The fourth-order valence-corrected chi connectivity index (χ4v) is 3.80. The monoisotopic (exact) mass is 348 g/mol. The fraction of sp³-hybridized carbons (Fsp3) is 0.778. The maximum absolute atomic E-state index is 5.48. The molecule has 1 aromatic rings. The van der Waals surface area contributed by atoms with Gasteiger partial charge in [-0.1, -0.05) is 0 Å². The molecule has 2 fully saturated rings. The lowest BCUT2D eigenvalue weighted by molar-refractivity contribution is 0.0195. The molecule has 1 aromatic heterocycles. The third-order valence-corrected chi connectivity index (χ3v) is 5.41. The number of aryl methyl sites for hydroxylation is 2. The Kier molecular flexibility index (Phi) is 5.96. The predicted molar refractivity (Wildman–Crippen MR) is 99.9 cm³/mol. The number of nitrogens with zero attached hydrogens (tertiary/aromatic N) is 5. The minimum atomic E-state index is 0.620. The van der Waals surface area contributed by atoms with Crippen LogP contribution >= 0.6 is 0 Å². The van der Waals surface area contributed by atoms with E-state index in [-0.39, 0.29) is 0 Å². The molecule has 0 saturated carbocycles. The van der Waals surface area contributed by atoms with E-state index in [9.17, 15) is 0 Å². The fourth-order valence-electron chi connectivity index (χ4n) is 3.80. The van der Waals surface area contributed by atoms with Crippen molar-refractivity contribution in [1.82, 2.24) is 24.9 Å². The lowest BCUT2D eigenvalue weighted by atomic mass is 10.2. The van der Waals surface area contributed by atoms with Crippen molar-refractivity contribution in [2.24, 2.45) is 12.0 Å². The summed E-state index contributed by atoms with van der Waals surface area (Å²) in [6, 6.07) is 0.620. The minimum absolute atomic E-state index is 0.620. The van der Waals surface area contributed by atoms with Crippen LogP contribution in [0.25, 0.3) is 0 Å². The van der Waals surface area contributed by atoms with Gasteiger partial charge in [0.1, 0.15) is 0 Å². The quantitative estimate of drug-likeness (QED) is 0.647. The first-order valence-electron chi connectivity index (χ1n) is 9.44. The standard InChI is InChI=1S/C18H32N6O/c1-5-19-18(20-12-17-14(2)21-22(4)15(17)3)24-7-6-16(13-24)23-8-10-25-11-9-23/h16H,5-13H2,1-4H3,(H,19,20). The van der Waals surface area contributed by atoms with E-state index in [4.69, 9.17) is 9.73 Å². The molecule has 1 N–H and O–H groups in total. The van der Waals surface area contributed by atoms with Gasteiger partial charge in [-0.25, -0.2) is 4.99 Å². The first kappa shape index (κ1) is 18.2. The van der Waals surface area contributed by atoms with E-state index in [0.717, 1.165) is 57.6 Å². The molecular formula is C18H32N6O. The number of hydrogen-bond donors (Lipinski definition) is 1. The number of aromatic nitrogens is 2. The van der Waals surface area contributed by atoms with Gasteiger partial charge in [0.25, 0.3) is 0 Å². The van der Waals surface area contributed by atoms with Gasteiger partial charge in [0.2, 0.25) is 0 Å². The Labute approximate surface area is 151 Å². The number of hydrogen-bond acceptors (Lipinski definition) is 4. The molecule has 0 amide bonds. The summed E-state index contributed by atoms with van der Waals surface area (Å²) in [5, 5.41) is 7.97. The summed E-state index contributed by atoms with van der Waals surface area (Å²) in [5.41, 5.74) is 3.51. The number of guanidine groups is 1. The molecule has 2 saturated heterocycles. The van der Waals surface area contributed by atoms with Crippen molar-refractivity contribution in [3.8, 4) is 0 Å². The molecule has 3 rings (SSSR count). The second-order valence-electron chi connectivity index (χ2n) is 6.98. The van der Waals surface area contributed by atoms with Crippen LogP contribution in [-0.4, -0.2) is 77.5 Å². The zero-order valence-electron chi connectivity index (χ0n) is 16.1. The topological polar surface area (TPSA) is 57.9 Å². The van der Waals surface area contributed by atoms with Gasteiger partial charge in [0.05, 0.1) is 25.5 Å². The van der Waals surface area contributed by atoms with Crippen molar-refractivity contribution >= 4 is 5.96 Å². The highest BCUT2D eigenvalue weighted by molar-refractivity contribution is 5.80. The zero-order chi connectivity index (χ0) is 17.8. The molecule has 1 unspecified atom stereocenters. The molecule has 25 heavy (non-hydrogen) atoms. The average molecular weight is 348 g/mol. The maximum atomic E-state index is 5.48. The summed E-state index contributed by atoms with van der Waals surface area (Å²) < 4.78 is 7.43. The normalized spacial score (nSPS) is 22.6. The van der Waals surface area contributed by atoms with Gasteiger partial charge in [-0.05, 0) is 27.2 Å². The number of nitrogens with one attached hydrogen (secondary N) is 1. The number of likely N-dealkylation sites (tertiary alicyclic amines) is 1. The van der Waals surface area contributed by atoms with Crippen molar-refractivity contribution in [1.29, 1.82) is 0 Å². The molecule has 0 bridgehead atoms. The molecule has 7 nitrogen and oxygen atoms in total. The third-order valence-electron chi connectivity index (χ3n) is 5.41. The van der Waals surface area contributed by atoms with Crippen LogP contribution in [0.15, 0.2) is 4.99 Å². The van der Waals surface area contributed by atoms with Crippen LogP contribution in [0.4, 0.5) is 0 Å². The van der Waals surface area contributed by atoms with E-state index >= 15 is 0 Å². The molecule has 2 aliphatic heterocycles. The molecular weight excluding hydrogens is 316 g/mol. The van der Waals surface area contributed by atoms with Crippen LogP contribution in [0.3, 0.4) is 0 Å². The van der Waals surface area contributed by atoms with Gasteiger partial charge in [0.15, 0.2) is 5.96 Å². The highest BCUT2D eigenvalue weighted by atomic mass is 16.5. The molecule has 0 radical (unpaired) electrons. The van der Waals surface area contributed by atoms with Gasteiger partial charge in [0, 0.05) is 57.1 Å². The Balaban J connectivity index is 1.66. The zero-order valence-corrected chi connectivity index (χ0v) is 16.1. The maximum Gasteiger partial charge on any atom is 0.194 e. The highest BCUT2D eigenvalue weighted by Crippen LogP contribution is 2.18. The first-order valence-corrected chi connectivity index (χ1v) is 9.44. The Morgan fingerprint density at radius 3 is 2.68 bits per heavy atom. The largest absolute Gasteiger partial charge is 0.379 e. The summed E-state index contributed by atoms with van der Waals surface area (Å²) in [6.07, 6.45) is 1.20. The van der Waals surface area contributed by atoms with Crippen molar-refractivity contribution in [2.75, 3.05) is 45.9 Å². The van der Waals surface area contributed by atoms with E-state index < -0.39 is 0 Å². The summed E-state index contributed by atoms with van der Waals surface area (Å²) in [4.78, 5) is 9.89. The smallest absolute Gasteiger partial charge is 0.194 e. The van der Waals surface area contributed by atoms with E-state index in [0.29, 0.717) is 12.6 Å². The lowest BCUT2D eigenvalue weighted by Gasteiger charge is -2.32. The molecule has 3 heterocycles. The van der Waals surface area contributed by atoms with Crippen molar-refractivity contribution in [3.63, 3.8) is 0 Å². The summed E-state index contributed by atoms with van der Waals surface area (Å²) >= 11 is 0. The summed E-state index contributed by atoms with van der Waals surface area (Å²) in [5.74, 6) is 1.03. The average Bonchev–Trinajstić information content (AvgIpc) is 3.19. The van der Waals surface area contributed by atoms with E-state index in [1.807, 2.05) is 11.7 Å². The first-order chi connectivity index (χ1) is 12.1. The number of aliphatic imine (C=N–C) groups is 1. The van der Waals surface area contributed by atoms with Crippen LogP contribution in [-0.2, 0) is 18.3 Å². The van der Waals surface area contributed by atoms with E-state index in [2.05, 4.69) is 41.0 Å². The molecule has 140 valence electrons. The lowest BCUT2D eigenvalue weighted by Crippen LogP contribution is -2.46. The molecule has 1 atom stereocenters. The van der Waals surface area contributed by atoms with Crippen molar-refractivity contribution in [3.05, 3.63) is 17.0 Å². The van der Waals surface area contributed by atoms with Gasteiger partial charge < -0.3 is 15.0 Å². The van der Waals surface area contributed by atoms with E-state index in [1.165, 1.54) is 17.7 Å². The van der Waals surface area contributed by atoms with Gasteiger partial charge in [-0.3, -0.25) is 9.58 Å². The van der Waals surface area contributed by atoms with Crippen LogP contribution in [0.1, 0.15) is 30.3 Å². The third kappa shape index (κ3) is 4.15. The van der Waals surface area contributed by atoms with Gasteiger partial charge in [-0.2, -0.15) is 5.10 Å². The molecule has 2 aliphatic rings. The van der Waals surface area contributed by atoms with Crippen LogP contribution < -0.4 is 5.32 Å². The molecule has 0 aliphatic carbocycles. The number of morpholine rings is 1. The number of rotatable bonds is 4. The second-order valence-corrected chi connectivity index (χ2v) is 6.98. The number of ether oxygens (including phenoxy) is 1. The Hall–Kier alpha value is -1.60. The second kappa shape index (κ2) is 8.19. The minimum Gasteiger partial charge on any atom is -0.379 e. The van der Waals surface area contributed by atoms with Crippen molar-refractivity contribution < 1.29 is 4.74 Å². The molecule has 7 heteroatoms. The predicted octanol–water partition coefficient (Wildman–Crippen LogP) is 0.909. The van der Waals surface area contributed by atoms with Crippen LogP contribution in [0.5, 0.6) is 0 Å². The highest BCUT2D eigenvalue weighted by Gasteiger charge is 2.30. The molecule has 0 aromatic carbocycles. The van der Waals surface area contributed by atoms with E-state index in [1.54, 1.807) is 0 Å². The summed E-state index contributed by atoms with van der Waals surface area (Å²) in [7, 11) is 1.99. The van der Waals surface area contributed by atoms with Gasteiger partial charge >= 0.3 is 0 Å². The Bertz CT molecular complexity index is 605. The van der Waals surface area contributed by atoms with Crippen LogP contribution in [0, 0.1) is 13.8 Å². The summed E-state index contributed by atoms with van der Waals surface area (Å²) in [6.45, 7) is 13.8. The SMILES string of the molecule is CCNC(=NCc1c(C)nn(C)c1C)N1CCC(N2CCOCC2)C1.